The number of hydrogen-bond donors (Lipinski definition) is 1. The fourth-order valence-electron chi connectivity index (χ4n) is 1.97. The number of rotatable bonds is 0. The molecule has 1 heterocycles. The topological polar surface area (TPSA) is 29.1 Å². The van der Waals surface area contributed by atoms with E-state index >= 15 is 0 Å². The lowest BCUT2D eigenvalue weighted by atomic mass is 9.84. The third-order valence-corrected chi connectivity index (χ3v) is 2.90. The van der Waals surface area contributed by atoms with E-state index in [1.807, 2.05) is 0 Å². The lowest BCUT2D eigenvalue weighted by Gasteiger charge is -2.21. The van der Waals surface area contributed by atoms with Crippen LogP contribution in [0.15, 0.2) is 12.1 Å². The highest BCUT2D eigenvalue weighted by Gasteiger charge is 2.23. The van der Waals surface area contributed by atoms with Gasteiger partial charge in [0.15, 0.2) is 0 Å². The van der Waals surface area contributed by atoms with Crippen molar-refractivity contribution < 1.29 is 4.79 Å². The molecule has 0 saturated heterocycles. The van der Waals surface area contributed by atoms with Gasteiger partial charge in [0.2, 0.25) is 5.91 Å². The Balaban J connectivity index is 2.54. The van der Waals surface area contributed by atoms with Gasteiger partial charge in [0.25, 0.3) is 0 Å². The quantitative estimate of drug-likeness (QED) is 0.690. The van der Waals surface area contributed by atoms with Gasteiger partial charge in [-0.1, -0.05) is 32.9 Å². The maximum atomic E-state index is 11.3. The van der Waals surface area contributed by atoms with E-state index in [0.29, 0.717) is 6.42 Å². The second kappa shape index (κ2) is 3.09. The van der Waals surface area contributed by atoms with Crippen LogP contribution >= 0.6 is 0 Å². The number of anilines is 1. The molecule has 1 aromatic carbocycles. The molecule has 80 valence electrons. The molecule has 1 N–H and O–H groups in total. The van der Waals surface area contributed by atoms with E-state index in [1.165, 1.54) is 11.1 Å². The Labute approximate surface area is 90.7 Å². The molecule has 0 aliphatic carbocycles. The summed E-state index contributed by atoms with van der Waals surface area (Å²) in [5.41, 5.74) is 4.78. The third-order valence-electron chi connectivity index (χ3n) is 2.90. The molecular weight excluding hydrogens is 186 g/mol. The predicted octanol–water partition coefficient (Wildman–Crippen LogP) is 2.79. The number of amides is 1. The van der Waals surface area contributed by atoms with Gasteiger partial charge >= 0.3 is 0 Å². The number of benzene rings is 1. The van der Waals surface area contributed by atoms with Crippen LogP contribution in [0.5, 0.6) is 0 Å². The largest absolute Gasteiger partial charge is 0.325 e. The minimum Gasteiger partial charge on any atom is -0.325 e. The summed E-state index contributed by atoms with van der Waals surface area (Å²) in [5, 5.41) is 2.91. The molecule has 1 aliphatic heterocycles. The van der Waals surface area contributed by atoms with Gasteiger partial charge in [-0.3, -0.25) is 4.79 Å². The smallest absolute Gasteiger partial charge is 0.228 e. The number of hydrogen-bond acceptors (Lipinski definition) is 1. The Hall–Kier alpha value is -1.31. The number of aryl methyl sites for hydroxylation is 1. The zero-order chi connectivity index (χ0) is 11.2. The van der Waals surface area contributed by atoms with Crippen LogP contribution in [0.25, 0.3) is 0 Å². The number of carbonyl (C=O) groups is 1. The van der Waals surface area contributed by atoms with Crippen molar-refractivity contribution in [3.05, 3.63) is 28.8 Å². The SMILES string of the molecule is Cc1cc(C(C)(C)C)cc2c1NC(=O)C2. The van der Waals surface area contributed by atoms with Crippen LogP contribution in [-0.4, -0.2) is 5.91 Å². The van der Waals surface area contributed by atoms with Gasteiger partial charge in [-0.2, -0.15) is 0 Å². The Morgan fingerprint density at radius 3 is 2.53 bits per heavy atom. The van der Waals surface area contributed by atoms with Gasteiger partial charge in [0.1, 0.15) is 0 Å². The van der Waals surface area contributed by atoms with Crippen LogP contribution in [0.3, 0.4) is 0 Å². The Kier molecular flexibility index (Phi) is 2.10. The summed E-state index contributed by atoms with van der Waals surface area (Å²) in [6.07, 6.45) is 0.528. The fourth-order valence-corrected chi connectivity index (χ4v) is 1.97. The first-order chi connectivity index (χ1) is 6.88. The standard InChI is InChI=1S/C13H17NO/c1-8-5-10(13(2,3)4)6-9-7-11(15)14-12(8)9/h5-6H,7H2,1-4H3,(H,14,15). The summed E-state index contributed by atoms with van der Waals surface area (Å²) >= 11 is 0. The highest BCUT2D eigenvalue weighted by atomic mass is 16.1. The van der Waals surface area contributed by atoms with Crippen molar-refractivity contribution in [3.8, 4) is 0 Å². The Morgan fingerprint density at radius 1 is 1.27 bits per heavy atom. The van der Waals surface area contributed by atoms with Crippen LogP contribution in [-0.2, 0) is 16.6 Å². The van der Waals surface area contributed by atoms with E-state index < -0.39 is 0 Å². The van der Waals surface area contributed by atoms with E-state index in [4.69, 9.17) is 0 Å². The molecule has 0 unspecified atom stereocenters. The molecule has 1 aliphatic rings. The average molecular weight is 203 g/mol. The normalized spacial score (nSPS) is 15.1. The van der Waals surface area contributed by atoms with E-state index in [1.54, 1.807) is 0 Å². The molecule has 0 aromatic heterocycles. The summed E-state index contributed by atoms with van der Waals surface area (Å²) in [6, 6.07) is 4.32. The van der Waals surface area contributed by atoms with Gasteiger partial charge in [0, 0.05) is 5.69 Å². The highest BCUT2D eigenvalue weighted by molar-refractivity contribution is 6.00. The first kappa shape index (κ1) is 10.2. The van der Waals surface area contributed by atoms with E-state index in [-0.39, 0.29) is 11.3 Å². The summed E-state index contributed by atoms with van der Waals surface area (Å²) in [4.78, 5) is 11.3. The first-order valence-electron chi connectivity index (χ1n) is 5.32. The number of nitrogens with one attached hydrogen (secondary N) is 1. The maximum Gasteiger partial charge on any atom is 0.228 e. The maximum absolute atomic E-state index is 11.3. The number of carbonyl (C=O) groups excluding carboxylic acids is 1. The number of fused-ring (bicyclic) bond motifs is 1. The molecule has 1 aromatic rings. The minimum absolute atomic E-state index is 0.110. The molecule has 2 rings (SSSR count). The minimum atomic E-state index is 0.110. The summed E-state index contributed by atoms with van der Waals surface area (Å²) in [6.45, 7) is 8.63. The summed E-state index contributed by atoms with van der Waals surface area (Å²) in [7, 11) is 0. The molecule has 0 fully saturated rings. The molecule has 1 amide bonds. The zero-order valence-electron chi connectivity index (χ0n) is 9.77. The Bertz CT molecular complexity index is 427. The summed E-state index contributed by atoms with van der Waals surface area (Å²) < 4.78 is 0. The molecule has 0 bridgehead atoms. The molecular formula is C13H17NO. The van der Waals surface area contributed by atoms with Gasteiger partial charge in [-0.25, -0.2) is 0 Å². The molecule has 2 nitrogen and oxygen atoms in total. The lowest BCUT2D eigenvalue weighted by Crippen LogP contribution is -2.11. The van der Waals surface area contributed by atoms with Crippen molar-refractivity contribution in [3.63, 3.8) is 0 Å². The molecule has 15 heavy (non-hydrogen) atoms. The molecule has 0 atom stereocenters. The van der Waals surface area contributed by atoms with Crippen molar-refractivity contribution in [2.45, 2.75) is 39.5 Å². The Morgan fingerprint density at radius 2 is 1.93 bits per heavy atom. The average Bonchev–Trinajstić information content (AvgIpc) is 2.44. The van der Waals surface area contributed by atoms with Gasteiger partial charge < -0.3 is 5.32 Å². The second-order valence-electron chi connectivity index (χ2n) is 5.30. The van der Waals surface area contributed by atoms with E-state index in [0.717, 1.165) is 11.3 Å². The van der Waals surface area contributed by atoms with Crippen LogP contribution in [0.4, 0.5) is 5.69 Å². The van der Waals surface area contributed by atoms with Gasteiger partial charge in [0.05, 0.1) is 6.42 Å². The second-order valence-corrected chi connectivity index (χ2v) is 5.30. The molecule has 0 spiro atoms. The highest BCUT2D eigenvalue weighted by Crippen LogP contribution is 2.32. The lowest BCUT2D eigenvalue weighted by molar-refractivity contribution is -0.115. The van der Waals surface area contributed by atoms with Crippen molar-refractivity contribution in [1.82, 2.24) is 0 Å². The van der Waals surface area contributed by atoms with E-state index in [2.05, 4.69) is 45.1 Å². The van der Waals surface area contributed by atoms with Gasteiger partial charge in [-0.15, -0.1) is 0 Å². The van der Waals surface area contributed by atoms with E-state index in [9.17, 15) is 4.79 Å². The van der Waals surface area contributed by atoms with Gasteiger partial charge in [-0.05, 0) is 29.0 Å². The van der Waals surface area contributed by atoms with Crippen molar-refractivity contribution >= 4 is 11.6 Å². The van der Waals surface area contributed by atoms with Crippen molar-refractivity contribution in [2.24, 2.45) is 0 Å². The van der Waals surface area contributed by atoms with Crippen LogP contribution in [0.1, 0.15) is 37.5 Å². The van der Waals surface area contributed by atoms with Crippen molar-refractivity contribution in [2.75, 3.05) is 5.32 Å². The molecule has 0 radical (unpaired) electrons. The zero-order valence-corrected chi connectivity index (χ0v) is 9.77. The predicted molar refractivity (Wildman–Crippen MR) is 62.2 cm³/mol. The van der Waals surface area contributed by atoms with Crippen LogP contribution < -0.4 is 5.32 Å². The van der Waals surface area contributed by atoms with Crippen molar-refractivity contribution in [1.29, 1.82) is 0 Å². The fraction of sp³-hybridized carbons (Fsp3) is 0.462. The first-order valence-corrected chi connectivity index (χ1v) is 5.32. The van der Waals surface area contributed by atoms with Crippen LogP contribution in [0.2, 0.25) is 0 Å². The summed E-state index contributed by atoms with van der Waals surface area (Å²) in [5.74, 6) is 0.110. The monoisotopic (exact) mass is 203 g/mol. The molecule has 0 saturated carbocycles. The molecule has 2 heteroatoms. The van der Waals surface area contributed by atoms with Crippen LogP contribution in [0, 0.1) is 6.92 Å². The third kappa shape index (κ3) is 1.76.